The Morgan fingerprint density at radius 3 is 2.73 bits per heavy atom. The van der Waals surface area contributed by atoms with Crippen molar-refractivity contribution in [3.8, 4) is 0 Å². The van der Waals surface area contributed by atoms with E-state index < -0.39 is 5.60 Å². The Balaban J connectivity index is 1.90. The van der Waals surface area contributed by atoms with Crippen molar-refractivity contribution in [2.45, 2.75) is 12.0 Å². The first-order valence-electron chi connectivity index (χ1n) is 5.11. The molecule has 1 aromatic rings. The summed E-state index contributed by atoms with van der Waals surface area (Å²) >= 11 is 3.39. The monoisotopic (exact) mass is 270 g/mol. The predicted molar refractivity (Wildman–Crippen MR) is 65.1 cm³/mol. The molecule has 0 aliphatic carbocycles. The number of hydrogen-bond donors (Lipinski definition) is 3. The highest BCUT2D eigenvalue weighted by atomic mass is 79.9. The van der Waals surface area contributed by atoms with E-state index in [-0.39, 0.29) is 0 Å². The molecule has 1 unspecified atom stereocenters. The molecular weight excluding hydrogens is 256 g/mol. The molecule has 3 nitrogen and oxygen atoms in total. The first-order chi connectivity index (χ1) is 7.18. The quantitative estimate of drug-likeness (QED) is 0.782. The molecule has 82 valence electrons. The number of halogens is 1. The lowest BCUT2D eigenvalue weighted by molar-refractivity contribution is 0.0752. The number of aliphatic hydroxyl groups is 1. The molecular formula is C11H15BrN2O. The van der Waals surface area contributed by atoms with E-state index in [0.717, 1.165) is 23.1 Å². The Morgan fingerprint density at radius 2 is 2.13 bits per heavy atom. The van der Waals surface area contributed by atoms with Crippen LogP contribution in [-0.4, -0.2) is 30.3 Å². The molecule has 0 aromatic heterocycles. The molecule has 4 heteroatoms. The van der Waals surface area contributed by atoms with Gasteiger partial charge in [0.1, 0.15) is 0 Å². The summed E-state index contributed by atoms with van der Waals surface area (Å²) in [6.07, 6.45) is 0.816. The van der Waals surface area contributed by atoms with Crippen LogP contribution in [0.25, 0.3) is 0 Å². The van der Waals surface area contributed by atoms with Crippen LogP contribution in [0.3, 0.4) is 0 Å². The van der Waals surface area contributed by atoms with Gasteiger partial charge in [0.15, 0.2) is 0 Å². The van der Waals surface area contributed by atoms with E-state index >= 15 is 0 Å². The second-order valence-corrected chi connectivity index (χ2v) is 4.93. The Labute approximate surface area is 98.0 Å². The van der Waals surface area contributed by atoms with Crippen LogP contribution in [0.5, 0.6) is 0 Å². The van der Waals surface area contributed by atoms with E-state index in [1.54, 1.807) is 0 Å². The smallest absolute Gasteiger partial charge is 0.0954 e. The number of β-amino-alcohol motifs (C(OH)–C–C–N with tert-alkyl or cyclic N) is 1. The van der Waals surface area contributed by atoms with Gasteiger partial charge in [-0.2, -0.15) is 0 Å². The number of nitrogens with one attached hydrogen (secondary N) is 2. The number of rotatable bonds is 3. The van der Waals surface area contributed by atoms with Crippen LogP contribution in [0.1, 0.15) is 6.42 Å². The topological polar surface area (TPSA) is 44.3 Å². The van der Waals surface area contributed by atoms with E-state index in [1.165, 1.54) is 0 Å². The predicted octanol–water partition coefficient (Wildman–Crippen LogP) is 1.59. The Bertz CT molecular complexity index is 320. The third kappa shape index (κ3) is 2.93. The summed E-state index contributed by atoms with van der Waals surface area (Å²) in [4.78, 5) is 0. The second-order valence-electron chi connectivity index (χ2n) is 4.01. The molecule has 15 heavy (non-hydrogen) atoms. The number of anilines is 1. The Morgan fingerprint density at radius 1 is 1.40 bits per heavy atom. The average Bonchev–Trinajstić information content (AvgIpc) is 2.65. The highest BCUT2D eigenvalue weighted by molar-refractivity contribution is 9.10. The summed E-state index contributed by atoms with van der Waals surface area (Å²) in [5, 5.41) is 16.5. The van der Waals surface area contributed by atoms with Gasteiger partial charge in [0.05, 0.1) is 5.60 Å². The summed E-state index contributed by atoms with van der Waals surface area (Å²) in [6, 6.07) is 7.96. The minimum atomic E-state index is -0.590. The van der Waals surface area contributed by atoms with Crippen LogP contribution in [0.4, 0.5) is 5.69 Å². The minimum absolute atomic E-state index is 0.590. The first kappa shape index (κ1) is 10.9. The SMILES string of the molecule is OC1(CNc2ccc(Br)cc2)CCNC1. The lowest BCUT2D eigenvalue weighted by Gasteiger charge is -2.22. The molecule has 3 N–H and O–H groups in total. The molecule has 1 aromatic carbocycles. The lowest BCUT2D eigenvalue weighted by Crippen LogP contribution is -2.38. The normalized spacial score (nSPS) is 25.5. The fourth-order valence-electron chi connectivity index (χ4n) is 1.72. The summed E-state index contributed by atoms with van der Waals surface area (Å²) in [5.41, 5.74) is 0.450. The van der Waals surface area contributed by atoms with Crippen LogP contribution in [0.2, 0.25) is 0 Å². The molecule has 1 atom stereocenters. The highest BCUT2D eigenvalue weighted by Gasteiger charge is 2.30. The van der Waals surface area contributed by atoms with Crippen LogP contribution in [0, 0.1) is 0 Å². The molecule has 0 saturated carbocycles. The zero-order chi connectivity index (χ0) is 10.7. The molecule has 1 heterocycles. The minimum Gasteiger partial charge on any atom is -0.387 e. The van der Waals surface area contributed by atoms with Crippen molar-refractivity contribution < 1.29 is 5.11 Å². The van der Waals surface area contributed by atoms with Gasteiger partial charge in [0.2, 0.25) is 0 Å². The van der Waals surface area contributed by atoms with E-state index in [1.807, 2.05) is 24.3 Å². The standard InChI is InChI=1S/C11H15BrN2O/c12-9-1-3-10(4-2-9)14-8-11(15)5-6-13-7-11/h1-4,13-15H,5-8H2. The summed E-state index contributed by atoms with van der Waals surface area (Å²) in [6.45, 7) is 2.18. The largest absolute Gasteiger partial charge is 0.387 e. The van der Waals surface area contributed by atoms with Gasteiger partial charge in [0, 0.05) is 23.2 Å². The van der Waals surface area contributed by atoms with Gasteiger partial charge in [-0.05, 0) is 37.2 Å². The zero-order valence-electron chi connectivity index (χ0n) is 8.46. The van der Waals surface area contributed by atoms with Crippen molar-refractivity contribution in [3.05, 3.63) is 28.7 Å². The fraction of sp³-hybridized carbons (Fsp3) is 0.455. The number of benzene rings is 1. The average molecular weight is 271 g/mol. The van der Waals surface area contributed by atoms with Crippen LogP contribution in [-0.2, 0) is 0 Å². The molecule has 0 radical (unpaired) electrons. The maximum absolute atomic E-state index is 10.1. The van der Waals surface area contributed by atoms with Crippen molar-refractivity contribution in [2.75, 3.05) is 25.0 Å². The van der Waals surface area contributed by atoms with Crippen molar-refractivity contribution in [1.29, 1.82) is 0 Å². The van der Waals surface area contributed by atoms with E-state index in [4.69, 9.17) is 0 Å². The molecule has 1 aliphatic rings. The van der Waals surface area contributed by atoms with E-state index in [9.17, 15) is 5.11 Å². The Hall–Kier alpha value is -0.580. The molecule has 0 spiro atoms. The van der Waals surface area contributed by atoms with Gasteiger partial charge < -0.3 is 15.7 Å². The molecule has 2 rings (SSSR count). The number of hydrogen-bond acceptors (Lipinski definition) is 3. The Kier molecular flexibility index (Phi) is 3.29. The van der Waals surface area contributed by atoms with Crippen molar-refractivity contribution >= 4 is 21.6 Å². The summed E-state index contributed by atoms with van der Waals surface area (Å²) in [5.74, 6) is 0. The third-order valence-corrected chi connectivity index (χ3v) is 3.22. The second kappa shape index (κ2) is 4.51. The first-order valence-corrected chi connectivity index (χ1v) is 5.90. The van der Waals surface area contributed by atoms with Crippen molar-refractivity contribution in [1.82, 2.24) is 5.32 Å². The van der Waals surface area contributed by atoms with Gasteiger partial charge in [-0.1, -0.05) is 15.9 Å². The maximum Gasteiger partial charge on any atom is 0.0954 e. The molecule has 0 amide bonds. The van der Waals surface area contributed by atoms with Gasteiger partial charge >= 0.3 is 0 Å². The zero-order valence-corrected chi connectivity index (χ0v) is 10.0. The molecule has 1 aliphatic heterocycles. The van der Waals surface area contributed by atoms with Crippen molar-refractivity contribution in [2.24, 2.45) is 0 Å². The summed E-state index contributed by atoms with van der Waals surface area (Å²) in [7, 11) is 0. The highest BCUT2D eigenvalue weighted by Crippen LogP contribution is 2.18. The van der Waals surface area contributed by atoms with E-state index in [2.05, 4.69) is 26.6 Å². The fourth-order valence-corrected chi connectivity index (χ4v) is 1.98. The third-order valence-electron chi connectivity index (χ3n) is 2.69. The van der Waals surface area contributed by atoms with Crippen LogP contribution in [0.15, 0.2) is 28.7 Å². The van der Waals surface area contributed by atoms with E-state index in [0.29, 0.717) is 13.1 Å². The molecule has 0 bridgehead atoms. The lowest BCUT2D eigenvalue weighted by atomic mass is 10.0. The van der Waals surface area contributed by atoms with Gasteiger partial charge in [0.25, 0.3) is 0 Å². The van der Waals surface area contributed by atoms with Gasteiger partial charge in [-0.25, -0.2) is 0 Å². The summed E-state index contributed by atoms with van der Waals surface area (Å²) < 4.78 is 1.06. The van der Waals surface area contributed by atoms with Crippen molar-refractivity contribution in [3.63, 3.8) is 0 Å². The van der Waals surface area contributed by atoms with Gasteiger partial charge in [-0.3, -0.25) is 0 Å². The van der Waals surface area contributed by atoms with Gasteiger partial charge in [-0.15, -0.1) is 0 Å². The molecule has 1 saturated heterocycles. The van der Waals surface area contributed by atoms with Crippen LogP contribution < -0.4 is 10.6 Å². The molecule has 1 fully saturated rings. The maximum atomic E-state index is 10.1. The van der Waals surface area contributed by atoms with Crippen LogP contribution >= 0.6 is 15.9 Å².